The molecule has 0 saturated heterocycles. The van der Waals surface area contributed by atoms with Crippen molar-refractivity contribution >= 4 is 0 Å². The molecule has 0 aromatic heterocycles. The monoisotopic (exact) mass is 284 g/mol. The van der Waals surface area contributed by atoms with Gasteiger partial charge < -0.3 is 15.3 Å². The molecule has 3 heteroatoms. The third-order valence-corrected chi connectivity index (χ3v) is 4.34. The fourth-order valence-electron chi connectivity index (χ4n) is 3.15. The van der Waals surface area contributed by atoms with Crippen molar-refractivity contribution in [3.8, 4) is 0 Å². The molecule has 0 bridgehead atoms. The van der Waals surface area contributed by atoms with Gasteiger partial charge in [0.15, 0.2) is 0 Å². The zero-order valence-corrected chi connectivity index (χ0v) is 14.3. The van der Waals surface area contributed by atoms with E-state index in [2.05, 4.69) is 44.8 Å². The van der Waals surface area contributed by atoms with Crippen LogP contribution in [0.5, 0.6) is 0 Å². The Labute approximate surface area is 126 Å². The summed E-state index contributed by atoms with van der Waals surface area (Å²) in [7, 11) is 0. The summed E-state index contributed by atoms with van der Waals surface area (Å²) < 4.78 is 0. The Kier molecular flexibility index (Phi) is 7.49. The van der Waals surface area contributed by atoms with Crippen molar-refractivity contribution < 1.29 is 5.11 Å². The van der Waals surface area contributed by atoms with E-state index >= 15 is 0 Å². The van der Waals surface area contributed by atoms with Crippen LogP contribution in [0.15, 0.2) is 0 Å². The zero-order chi connectivity index (χ0) is 15.2. The molecule has 0 heterocycles. The van der Waals surface area contributed by atoms with Gasteiger partial charge in [0.25, 0.3) is 0 Å². The molecule has 1 unspecified atom stereocenters. The van der Waals surface area contributed by atoms with Crippen LogP contribution in [0.2, 0.25) is 0 Å². The van der Waals surface area contributed by atoms with Crippen LogP contribution in [0.25, 0.3) is 0 Å². The smallest absolute Gasteiger partial charge is 0.0613 e. The van der Waals surface area contributed by atoms with E-state index in [-0.39, 0.29) is 12.1 Å². The quantitative estimate of drug-likeness (QED) is 0.612. The Hall–Kier alpha value is -0.120. The molecule has 1 aliphatic rings. The van der Waals surface area contributed by atoms with Gasteiger partial charge in [-0.05, 0) is 44.6 Å². The fraction of sp³-hybridized carbons (Fsp3) is 1.00. The maximum absolute atomic E-state index is 9.78. The Morgan fingerprint density at radius 3 is 2.30 bits per heavy atom. The molecule has 0 aromatic rings. The average Bonchev–Trinajstić information content (AvgIpc) is 3.19. The van der Waals surface area contributed by atoms with Gasteiger partial charge in [0.2, 0.25) is 0 Å². The molecular formula is C17H36N2O. The van der Waals surface area contributed by atoms with E-state index in [0.717, 1.165) is 24.8 Å². The van der Waals surface area contributed by atoms with Gasteiger partial charge in [-0.3, -0.25) is 0 Å². The SMILES string of the molecule is CCC(CO)(CCCN(CC(C)C)C1CC1)NC(C)C. The maximum Gasteiger partial charge on any atom is 0.0613 e. The summed E-state index contributed by atoms with van der Waals surface area (Å²) in [5, 5.41) is 13.4. The van der Waals surface area contributed by atoms with E-state index in [1.54, 1.807) is 0 Å². The Balaban J connectivity index is 2.41. The Bertz CT molecular complexity index is 258. The maximum atomic E-state index is 9.78. The Morgan fingerprint density at radius 1 is 1.25 bits per heavy atom. The number of nitrogens with one attached hydrogen (secondary N) is 1. The average molecular weight is 284 g/mol. The predicted molar refractivity (Wildman–Crippen MR) is 87.0 cm³/mol. The first kappa shape index (κ1) is 17.9. The van der Waals surface area contributed by atoms with E-state index in [1.165, 1.54) is 32.4 Å². The summed E-state index contributed by atoms with van der Waals surface area (Å²) in [6, 6.07) is 1.28. The summed E-state index contributed by atoms with van der Waals surface area (Å²) in [6.07, 6.45) is 6.01. The molecule has 0 amide bonds. The van der Waals surface area contributed by atoms with Crippen LogP contribution < -0.4 is 5.32 Å². The topological polar surface area (TPSA) is 35.5 Å². The predicted octanol–water partition coefficient (Wildman–Crippen LogP) is 3.03. The molecule has 120 valence electrons. The van der Waals surface area contributed by atoms with Crippen LogP contribution >= 0.6 is 0 Å². The highest BCUT2D eigenvalue weighted by Crippen LogP contribution is 2.28. The summed E-state index contributed by atoms with van der Waals surface area (Å²) >= 11 is 0. The van der Waals surface area contributed by atoms with Crippen molar-refractivity contribution in [1.82, 2.24) is 10.2 Å². The van der Waals surface area contributed by atoms with E-state index in [9.17, 15) is 5.11 Å². The number of nitrogens with zero attached hydrogens (tertiary/aromatic N) is 1. The summed E-state index contributed by atoms with van der Waals surface area (Å²) in [5.41, 5.74) is -0.0821. The standard InChI is InChI=1S/C17H36N2O/c1-6-17(13-20,18-15(4)5)10-7-11-19(12-14(2)3)16-8-9-16/h14-16,18,20H,6-13H2,1-5H3. The van der Waals surface area contributed by atoms with Crippen molar-refractivity contribution in [2.45, 2.75) is 84.3 Å². The second-order valence-corrected chi connectivity index (χ2v) is 7.31. The van der Waals surface area contributed by atoms with Gasteiger partial charge in [-0.25, -0.2) is 0 Å². The van der Waals surface area contributed by atoms with Crippen LogP contribution in [-0.4, -0.2) is 47.3 Å². The normalized spacial score (nSPS) is 19.1. The third kappa shape index (κ3) is 6.11. The second-order valence-electron chi connectivity index (χ2n) is 7.31. The first-order chi connectivity index (χ1) is 9.42. The molecule has 0 aromatic carbocycles. The first-order valence-electron chi connectivity index (χ1n) is 8.55. The van der Waals surface area contributed by atoms with Gasteiger partial charge in [-0.15, -0.1) is 0 Å². The number of hydrogen-bond acceptors (Lipinski definition) is 3. The van der Waals surface area contributed by atoms with Crippen molar-refractivity contribution in [2.24, 2.45) is 5.92 Å². The van der Waals surface area contributed by atoms with Crippen LogP contribution in [0, 0.1) is 5.92 Å². The first-order valence-corrected chi connectivity index (χ1v) is 8.55. The molecule has 1 atom stereocenters. The van der Waals surface area contributed by atoms with E-state index in [1.807, 2.05) is 0 Å². The van der Waals surface area contributed by atoms with Gasteiger partial charge in [-0.2, -0.15) is 0 Å². The van der Waals surface area contributed by atoms with Gasteiger partial charge in [0.1, 0.15) is 0 Å². The molecule has 1 fully saturated rings. The highest BCUT2D eigenvalue weighted by atomic mass is 16.3. The van der Waals surface area contributed by atoms with Crippen LogP contribution in [0.3, 0.4) is 0 Å². The van der Waals surface area contributed by atoms with Crippen molar-refractivity contribution in [3.63, 3.8) is 0 Å². The highest BCUT2D eigenvalue weighted by molar-refractivity contribution is 4.89. The van der Waals surface area contributed by atoms with Crippen molar-refractivity contribution in [1.29, 1.82) is 0 Å². The van der Waals surface area contributed by atoms with Gasteiger partial charge in [0.05, 0.1) is 6.61 Å². The molecule has 1 saturated carbocycles. The molecule has 0 radical (unpaired) electrons. The molecule has 20 heavy (non-hydrogen) atoms. The summed E-state index contributed by atoms with van der Waals surface area (Å²) in [4.78, 5) is 2.66. The molecule has 2 N–H and O–H groups in total. The van der Waals surface area contributed by atoms with E-state index < -0.39 is 0 Å². The summed E-state index contributed by atoms with van der Waals surface area (Å²) in [5.74, 6) is 0.748. The largest absolute Gasteiger partial charge is 0.394 e. The van der Waals surface area contributed by atoms with Gasteiger partial charge >= 0.3 is 0 Å². The minimum atomic E-state index is -0.0821. The molecular weight excluding hydrogens is 248 g/mol. The minimum absolute atomic E-state index is 0.0821. The van der Waals surface area contributed by atoms with Crippen LogP contribution in [0.4, 0.5) is 0 Å². The highest BCUT2D eigenvalue weighted by Gasteiger charge is 2.31. The molecule has 1 rings (SSSR count). The van der Waals surface area contributed by atoms with Crippen LogP contribution in [0.1, 0.15) is 66.7 Å². The lowest BCUT2D eigenvalue weighted by Crippen LogP contribution is -2.51. The number of rotatable bonds is 11. The van der Waals surface area contributed by atoms with E-state index in [4.69, 9.17) is 0 Å². The van der Waals surface area contributed by atoms with Gasteiger partial charge in [0, 0.05) is 24.2 Å². The fourth-order valence-corrected chi connectivity index (χ4v) is 3.15. The van der Waals surface area contributed by atoms with Crippen molar-refractivity contribution in [2.75, 3.05) is 19.7 Å². The minimum Gasteiger partial charge on any atom is -0.394 e. The number of hydrogen-bond donors (Lipinski definition) is 2. The van der Waals surface area contributed by atoms with Crippen LogP contribution in [-0.2, 0) is 0 Å². The number of aliphatic hydroxyl groups is 1. The van der Waals surface area contributed by atoms with Gasteiger partial charge in [-0.1, -0.05) is 34.6 Å². The zero-order valence-electron chi connectivity index (χ0n) is 14.3. The van der Waals surface area contributed by atoms with Crippen molar-refractivity contribution in [3.05, 3.63) is 0 Å². The Morgan fingerprint density at radius 2 is 1.90 bits per heavy atom. The third-order valence-electron chi connectivity index (χ3n) is 4.34. The molecule has 3 nitrogen and oxygen atoms in total. The lowest BCUT2D eigenvalue weighted by atomic mass is 9.90. The second kappa shape index (κ2) is 8.35. The molecule has 1 aliphatic carbocycles. The molecule has 0 aliphatic heterocycles. The molecule has 0 spiro atoms. The lowest BCUT2D eigenvalue weighted by Gasteiger charge is -2.35. The number of aliphatic hydroxyl groups excluding tert-OH is 1. The van der Waals surface area contributed by atoms with E-state index in [0.29, 0.717) is 6.04 Å². The summed E-state index contributed by atoms with van der Waals surface area (Å²) in [6.45, 7) is 13.8. The lowest BCUT2D eigenvalue weighted by molar-refractivity contribution is 0.127.